The van der Waals surface area contributed by atoms with Crippen molar-refractivity contribution in [1.82, 2.24) is 41.9 Å². The molecule has 9 aliphatic rings. The van der Waals surface area contributed by atoms with E-state index in [0.717, 1.165) is 129 Å². The molecule has 0 radical (unpaired) electrons. The number of amides is 3. The van der Waals surface area contributed by atoms with Crippen molar-refractivity contribution in [2.24, 2.45) is 0 Å². The summed E-state index contributed by atoms with van der Waals surface area (Å²) in [4.78, 5) is 51.4. The summed E-state index contributed by atoms with van der Waals surface area (Å²) < 4.78 is 43.9. The predicted molar refractivity (Wildman–Crippen MR) is 233 cm³/mol. The van der Waals surface area contributed by atoms with Crippen LogP contribution in [0.25, 0.3) is 0 Å². The first kappa shape index (κ1) is 54.5. The van der Waals surface area contributed by atoms with Crippen molar-refractivity contribution < 1.29 is 40.8 Å². The van der Waals surface area contributed by atoms with Crippen LogP contribution in [0.4, 0.5) is 0 Å². The zero-order valence-corrected chi connectivity index (χ0v) is 37.4. The van der Waals surface area contributed by atoms with Gasteiger partial charge in [0.25, 0.3) is 0 Å². The first-order chi connectivity index (χ1) is 28.4. The summed E-state index contributed by atoms with van der Waals surface area (Å²) in [6.45, 7) is 11.5. The van der Waals surface area contributed by atoms with Crippen LogP contribution < -0.4 is 41.9 Å². The predicted octanol–water partition coefficient (Wildman–Crippen LogP) is 0.981. The van der Waals surface area contributed by atoms with Gasteiger partial charge >= 0.3 is 0 Å². The number of carbonyl (C=O) groups excluding carboxylic acids is 5. The van der Waals surface area contributed by atoms with Gasteiger partial charge in [-0.3, -0.25) is 24.0 Å². The molecule has 0 unspecified atom stereocenters. The van der Waals surface area contributed by atoms with Crippen molar-refractivity contribution in [2.75, 3.05) is 95.8 Å². The molecule has 0 aromatic rings. The number of rotatable bonds is 0. The van der Waals surface area contributed by atoms with E-state index in [2.05, 4.69) is 41.9 Å². The third-order valence-electron chi connectivity index (χ3n) is 9.75. The molecule has 8 N–H and O–H groups in total. The number of ketones is 2. The van der Waals surface area contributed by atoms with Crippen molar-refractivity contribution in [3.8, 4) is 0 Å². The zero-order chi connectivity index (χ0) is 43.3. The molecule has 344 valence electrons. The van der Waals surface area contributed by atoms with Gasteiger partial charge in [0.05, 0.1) is 23.8 Å². The molecule has 1 saturated carbocycles. The highest BCUT2D eigenvalue weighted by Gasteiger charge is 2.16. The van der Waals surface area contributed by atoms with Gasteiger partial charge in [0.1, 0.15) is 21.4 Å². The van der Waals surface area contributed by atoms with Gasteiger partial charge in [0.2, 0.25) is 27.7 Å². The largest absolute Gasteiger partial charge is 0.356 e. The second-order valence-corrected chi connectivity index (χ2v) is 19.6. The van der Waals surface area contributed by atoms with Crippen LogP contribution in [0.1, 0.15) is 128 Å². The van der Waals surface area contributed by atoms with E-state index in [4.69, 9.17) is 0 Å². The maximum Gasteiger partial charge on any atom is 0.234 e. The fraction of sp³-hybridized carbons (Fsp3) is 0.875. The summed E-state index contributed by atoms with van der Waals surface area (Å²) in [7, 11) is -5.34. The maximum absolute atomic E-state index is 10.6. The topological polar surface area (TPSA) is 250 Å². The molecule has 1 aliphatic carbocycles. The Labute approximate surface area is 355 Å². The fourth-order valence-electron chi connectivity index (χ4n) is 6.25. The summed E-state index contributed by atoms with van der Waals surface area (Å²) in [5.74, 6) is 2.54. The molecular weight excluding hydrogens is 801 g/mol. The molecule has 0 bridgehead atoms. The van der Waals surface area contributed by atoms with E-state index in [1.54, 1.807) is 0 Å². The zero-order valence-electron chi connectivity index (χ0n) is 35.7. The highest BCUT2D eigenvalue weighted by Crippen LogP contribution is 2.11. The van der Waals surface area contributed by atoms with Gasteiger partial charge in [-0.15, -0.1) is 0 Å². The van der Waals surface area contributed by atoms with E-state index in [-0.39, 0.29) is 17.7 Å². The number of piperidine rings is 2. The maximum atomic E-state index is 10.6. The highest BCUT2D eigenvalue weighted by atomic mass is 32.2. The number of sulfonamides is 1. The van der Waals surface area contributed by atoms with Crippen LogP contribution in [0.5, 0.6) is 0 Å². The van der Waals surface area contributed by atoms with Crippen LogP contribution >= 0.6 is 0 Å². The van der Waals surface area contributed by atoms with E-state index in [9.17, 15) is 40.8 Å². The molecule has 8 saturated heterocycles. The van der Waals surface area contributed by atoms with Gasteiger partial charge in [-0.05, 0) is 110 Å². The molecule has 9 rings (SSSR count). The monoisotopic (exact) mass is 879 g/mol. The van der Waals surface area contributed by atoms with Crippen LogP contribution in [-0.4, -0.2) is 142 Å². The molecule has 0 spiro atoms. The quantitative estimate of drug-likeness (QED) is 0.169. The molecule has 17 nitrogen and oxygen atoms in total. The lowest BCUT2D eigenvalue weighted by atomic mass is 10.2. The molecule has 0 atom stereocenters. The Morgan fingerprint density at radius 1 is 0.322 bits per heavy atom. The third kappa shape index (κ3) is 37.0. The Hall–Kier alpha value is -2.55. The van der Waals surface area contributed by atoms with Gasteiger partial charge < -0.3 is 37.2 Å². The molecule has 3 amide bonds. The second kappa shape index (κ2) is 36.1. The van der Waals surface area contributed by atoms with Crippen molar-refractivity contribution in [2.45, 2.75) is 128 Å². The first-order valence-electron chi connectivity index (χ1n) is 22.2. The molecule has 19 heteroatoms. The molecule has 59 heavy (non-hydrogen) atoms. The van der Waals surface area contributed by atoms with E-state index in [1.165, 1.54) is 64.7 Å². The van der Waals surface area contributed by atoms with Crippen LogP contribution in [0, 0.1) is 0 Å². The van der Waals surface area contributed by atoms with Crippen LogP contribution in [0.15, 0.2) is 0 Å². The number of hydrogen-bond acceptors (Lipinski definition) is 13. The van der Waals surface area contributed by atoms with Gasteiger partial charge in [-0.2, -0.15) is 0 Å². The van der Waals surface area contributed by atoms with Crippen molar-refractivity contribution >= 4 is 49.1 Å². The lowest BCUT2D eigenvalue weighted by molar-refractivity contribution is -0.121. The Morgan fingerprint density at radius 3 is 1.02 bits per heavy atom. The Balaban J connectivity index is 0.000000332. The average molecular weight is 879 g/mol. The number of Topliss-reactive ketones (excluding diaryl/α,β-unsaturated/α-hetero) is 2. The number of hydrogen-bond donors (Lipinski definition) is 8. The Bertz CT molecular complexity index is 1190. The van der Waals surface area contributed by atoms with Crippen LogP contribution in [0.3, 0.4) is 0 Å². The van der Waals surface area contributed by atoms with E-state index in [1.807, 2.05) is 0 Å². The Morgan fingerprint density at radius 2 is 0.780 bits per heavy atom. The van der Waals surface area contributed by atoms with Crippen LogP contribution in [0.2, 0.25) is 0 Å². The second-order valence-electron chi connectivity index (χ2n) is 15.4. The molecule has 8 aliphatic heterocycles. The molecule has 9 fully saturated rings. The van der Waals surface area contributed by atoms with Crippen molar-refractivity contribution in [1.29, 1.82) is 0 Å². The molecule has 0 aromatic carbocycles. The number of nitrogens with one attached hydrogen (secondary N) is 8. The minimum Gasteiger partial charge on any atom is -0.356 e. The van der Waals surface area contributed by atoms with Crippen molar-refractivity contribution in [3.05, 3.63) is 0 Å². The van der Waals surface area contributed by atoms with Crippen LogP contribution in [-0.2, 0) is 43.8 Å². The number of carbonyl (C=O) groups is 5. The smallest absolute Gasteiger partial charge is 0.234 e. The average Bonchev–Trinajstić information content (AvgIpc) is 4.12. The van der Waals surface area contributed by atoms with E-state index in [0.29, 0.717) is 41.9 Å². The normalized spacial score (nSPS) is 23.7. The molecular formula is C40H78N8O9S2. The third-order valence-corrected chi connectivity index (χ3v) is 13.0. The van der Waals surface area contributed by atoms with Gasteiger partial charge in [-0.1, -0.05) is 12.8 Å². The van der Waals surface area contributed by atoms with Gasteiger partial charge in [0, 0.05) is 77.8 Å². The summed E-state index contributed by atoms with van der Waals surface area (Å²) >= 11 is 0. The highest BCUT2D eigenvalue weighted by molar-refractivity contribution is 7.91. The lowest BCUT2D eigenvalue weighted by Crippen LogP contribution is -2.44. The fourth-order valence-corrected chi connectivity index (χ4v) is 8.87. The van der Waals surface area contributed by atoms with Gasteiger partial charge in [0.15, 0.2) is 0 Å². The number of sulfone groups is 1. The van der Waals surface area contributed by atoms with E-state index >= 15 is 0 Å². The number of piperazine rings is 1. The SMILES string of the molecule is C1CCNCC1.C1CCNCC1.O=C1CCCC1.O=C1CCCN1.O=C1CCCN1.O=C1CCCNCC1.O=C1CNCCN1.O=S1(=O)CCCC1.O=S1(=O)CCCN1. The van der Waals surface area contributed by atoms with E-state index < -0.39 is 19.9 Å². The summed E-state index contributed by atoms with van der Waals surface area (Å²) in [6, 6.07) is 0. The lowest BCUT2D eigenvalue weighted by Gasteiger charge is -2.11. The first-order valence-corrected chi connectivity index (χ1v) is 25.7. The Kier molecular flexibility index (Phi) is 33.4. The summed E-state index contributed by atoms with van der Waals surface area (Å²) in [5.41, 5.74) is 0. The summed E-state index contributed by atoms with van der Waals surface area (Å²) in [5, 5.41) is 20.7. The van der Waals surface area contributed by atoms with Crippen molar-refractivity contribution in [3.63, 3.8) is 0 Å². The standard InChI is InChI=1S/C6H11NO.2C5H11N.C5H8O.C4H8N2O.2C4H7NO.C4H8O2S.C3H7NO2S/c8-6-2-1-4-7-5-3-6;2*1-2-4-6-5-3-1;6-5-3-1-2-4-5;7-4-3-5-1-2-6-4;2*6-4-2-1-3-5-4;2*5-7(6)3-1-2-4-7/h7H,1-5H2;2*6H,1-5H2;1-4H2;5H,1-3H2,(H,6,7);2*1-3H2,(H,5,6);1-4H2;4H,1-3H2. The molecule has 0 aromatic heterocycles. The summed E-state index contributed by atoms with van der Waals surface area (Å²) in [6.07, 6.45) is 21.0. The van der Waals surface area contributed by atoms with Gasteiger partial charge in [-0.25, -0.2) is 21.6 Å². The minimum absolute atomic E-state index is 0.103. The molecule has 8 heterocycles. The minimum atomic E-state index is -2.80.